The molecule has 0 spiro atoms. The number of likely N-dealkylation sites (N-methyl/N-ethyl adjacent to an activating group) is 1. The third-order valence-corrected chi connectivity index (χ3v) is 13.8. The minimum absolute atomic E-state index is 0.00942. The molecular formula is C76H119NO8P+. The molecule has 9 nitrogen and oxygen atoms in total. The number of phosphoric acid groups is 1. The largest absolute Gasteiger partial charge is 0.472 e. The Labute approximate surface area is 525 Å². The van der Waals surface area contributed by atoms with Crippen LogP contribution in [-0.2, 0) is 32.7 Å². The number of nitrogens with zero attached hydrogens (tertiary/aromatic N) is 1. The number of rotatable bonds is 57. The Morgan fingerprint density at radius 3 is 0.942 bits per heavy atom. The summed E-state index contributed by atoms with van der Waals surface area (Å²) in [6, 6.07) is 0. The average molecular weight is 1210 g/mol. The Balaban J connectivity index is 4.29. The first kappa shape index (κ1) is 80.6. The van der Waals surface area contributed by atoms with Crippen LogP contribution in [0.4, 0.5) is 0 Å². The van der Waals surface area contributed by atoms with E-state index in [0.29, 0.717) is 23.9 Å². The van der Waals surface area contributed by atoms with Gasteiger partial charge in [-0.1, -0.05) is 253 Å². The van der Waals surface area contributed by atoms with Crippen LogP contribution in [0.15, 0.2) is 207 Å². The number of hydrogen-bond donors (Lipinski definition) is 1. The lowest BCUT2D eigenvalue weighted by molar-refractivity contribution is -0.870. The Hall–Kier alpha value is -5.41. The molecule has 86 heavy (non-hydrogen) atoms. The Kier molecular flexibility index (Phi) is 60.0. The summed E-state index contributed by atoms with van der Waals surface area (Å²) in [4.78, 5) is 35.8. The molecule has 0 bridgehead atoms. The van der Waals surface area contributed by atoms with E-state index in [1.54, 1.807) is 0 Å². The van der Waals surface area contributed by atoms with Gasteiger partial charge in [-0.05, 0) is 148 Å². The van der Waals surface area contributed by atoms with E-state index in [9.17, 15) is 19.0 Å². The molecule has 480 valence electrons. The number of unbranched alkanes of at least 4 members (excludes halogenated alkanes) is 9. The number of carbonyl (C=O) groups excluding carboxylic acids is 2. The van der Waals surface area contributed by atoms with Crippen molar-refractivity contribution in [2.45, 2.75) is 213 Å². The highest BCUT2D eigenvalue weighted by molar-refractivity contribution is 7.47. The summed E-state index contributed by atoms with van der Waals surface area (Å²) < 4.78 is 34.6. The van der Waals surface area contributed by atoms with Gasteiger partial charge >= 0.3 is 19.8 Å². The molecule has 0 aliphatic carbocycles. The Bertz CT molecular complexity index is 2200. The molecule has 0 aromatic carbocycles. The standard InChI is InChI=1S/C76H118NO8P/c1-6-8-10-12-14-16-18-20-22-24-26-28-30-32-33-34-35-36-37-38-39-40-41-42-43-45-47-49-51-53-55-57-59-61-63-65-67-69-76(79)85-74(73-84-86(80,81)83-71-70-77(3,4)5)72-82-75(78)68-66-64-62-60-58-56-54-52-50-48-46-44-31-29-27-25-23-21-19-17-15-13-11-9-7-2/h8-11,14-17,20-23,26-29,32-33,35-36,38-39,41-42,44-47,50-53,57,59,74H,6-7,12-13,18-19,24-25,30-31,34,37,40,43,48-49,54-56,58,60-73H2,1-5H3/p+1/b10-8-,11-9-,16-14-,17-15-,22-20-,23-21-,28-26-,29-27-,33-32-,36-35-,39-38-,42-41-,46-44-,47-45-,52-50-,53-51-,59-57-. The number of quaternary nitrogens is 1. The molecule has 2 unspecified atom stereocenters. The summed E-state index contributed by atoms with van der Waals surface area (Å²) in [5.74, 6) is -0.872. The average Bonchev–Trinajstić information content (AvgIpc) is 3.67. The van der Waals surface area contributed by atoms with Gasteiger partial charge in [-0.15, -0.1) is 0 Å². The fraction of sp³-hybridized carbons (Fsp3) is 0.526. The fourth-order valence-electron chi connectivity index (χ4n) is 7.84. The summed E-state index contributed by atoms with van der Waals surface area (Å²) >= 11 is 0. The summed E-state index contributed by atoms with van der Waals surface area (Å²) in [6.45, 7) is 4.11. The number of carbonyl (C=O) groups is 2. The van der Waals surface area contributed by atoms with E-state index < -0.39 is 32.5 Å². The highest BCUT2D eigenvalue weighted by Crippen LogP contribution is 2.43. The fourth-order valence-corrected chi connectivity index (χ4v) is 8.59. The molecule has 0 amide bonds. The van der Waals surface area contributed by atoms with Crippen LogP contribution >= 0.6 is 7.82 Å². The quantitative estimate of drug-likeness (QED) is 0.0211. The van der Waals surface area contributed by atoms with Gasteiger partial charge in [0.15, 0.2) is 6.10 Å². The molecule has 0 heterocycles. The minimum Gasteiger partial charge on any atom is -0.462 e. The predicted octanol–water partition coefficient (Wildman–Crippen LogP) is 21.5. The van der Waals surface area contributed by atoms with Crippen LogP contribution in [0.3, 0.4) is 0 Å². The highest BCUT2D eigenvalue weighted by Gasteiger charge is 2.27. The summed E-state index contributed by atoms with van der Waals surface area (Å²) in [7, 11) is 1.41. The van der Waals surface area contributed by atoms with Gasteiger partial charge in [-0.3, -0.25) is 18.6 Å². The molecule has 0 saturated heterocycles. The summed E-state index contributed by atoms with van der Waals surface area (Å²) in [5, 5.41) is 0. The van der Waals surface area contributed by atoms with Crippen molar-refractivity contribution in [1.29, 1.82) is 0 Å². The van der Waals surface area contributed by atoms with E-state index >= 15 is 0 Å². The molecule has 0 rings (SSSR count). The van der Waals surface area contributed by atoms with Crippen LogP contribution in [0, 0.1) is 0 Å². The first-order valence-electron chi connectivity index (χ1n) is 32.8. The first-order chi connectivity index (χ1) is 42.0. The number of ether oxygens (including phenoxy) is 2. The molecule has 0 radical (unpaired) electrons. The monoisotopic (exact) mass is 1200 g/mol. The zero-order valence-electron chi connectivity index (χ0n) is 54.4. The van der Waals surface area contributed by atoms with Crippen LogP contribution in [-0.4, -0.2) is 74.9 Å². The lowest BCUT2D eigenvalue weighted by Gasteiger charge is -2.24. The van der Waals surface area contributed by atoms with E-state index in [0.717, 1.165) is 167 Å². The SMILES string of the molecule is CC/C=C\C/C=C\C/C=C\C/C=C\C/C=C\C/C=C\C/C=C\C/C=C\C/C=C\C/C=C\C/C=C\CCCCCC(=O)OC(COC(=O)CCCCCCCC/C=C\C/C=C\C/C=C\C/C=C\C/C=C\C/C=C\CC)COP(=O)(O)OCC[N+](C)(C)C. The molecule has 0 aliphatic heterocycles. The lowest BCUT2D eigenvalue weighted by atomic mass is 10.1. The summed E-state index contributed by atoms with van der Waals surface area (Å²) in [5.41, 5.74) is 0. The normalized spacial score (nSPS) is 14.5. The number of esters is 2. The molecule has 0 saturated carbocycles. The van der Waals surface area contributed by atoms with Crippen molar-refractivity contribution in [3.8, 4) is 0 Å². The zero-order valence-corrected chi connectivity index (χ0v) is 55.3. The second-order valence-corrected chi connectivity index (χ2v) is 23.5. The molecule has 2 atom stereocenters. The third kappa shape index (κ3) is 67.7. The summed E-state index contributed by atoms with van der Waals surface area (Å²) in [6.07, 6.45) is 102. The van der Waals surface area contributed by atoms with Crippen molar-refractivity contribution >= 4 is 19.8 Å². The Morgan fingerprint density at radius 1 is 0.360 bits per heavy atom. The number of hydrogen-bond acceptors (Lipinski definition) is 7. The van der Waals surface area contributed by atoms with Crippen LogP contribution in [0.5, 0.6) is 0 Å². The topological polar surface area (TPSA) is 108 Å². The second-order valence-electron chi connectivity index (χ2n) is 22.0. The highest BCUT2D eigenvalue weighted by atomic mass is 31.2. The molecule has 0 aromatic heterocycles. The predicted molar refractivity (Wildman–Crippen MR) is 371 cm³/mol. The van der Waals surface area contributed by atoms with Gasteiger partial charge < -0.3 is 18.9 Å². The van der Waals surface area contributed by atoms with Gasteiger partial charge in [-0.2, -0.15) is 0 Å². The first-order valence-corrected chi connectivity index (χ1v) is 34.3. The van der Waals surface area contributed by atoms with Gasteiger partial charge in [0.1, 0.15) is 19.8 Å². The van der Waals surface area contributed by atoms with Gasteiger partial charge in [0, 0.05) is 12.8 Å². The maximum atomic E-state index is 12.8. The van der Waals surface area contributed by atoms with Crippen LogP contribution < -0.4 is 0 Å². The van der Waals surface area contributed by atoms with Crippen molar-refractivity contribution in [2.24, 2.45) is 0 Å². The lowest BCUT2D eigenvalue weighted by Crippen LogP contribution is -2.37. The van der Waals surface area contributed by atoms with Crippen LogP contribution in [0.1, 0.15) is 206 Å². The second kappa shape index (κ2) is 64.1. The minimum atomic E-state index is -4.42. The molecule has 0 aromatic rings. The van der Waals surface area contributed by atoms with Gasteiger partial charge in [0.2, 0.25) is 0 Å². The van der Waals surface area contributed by atoms with E-state index in [4.69, 9.17) is 18.5 Å². The van der Waals surface area contributed by atoms with Gasteiger partial charge in [0.05, 0.1) is 27.7 Å². The molecule has 10 heteroatoms. The maximum absolute atomic E-state index is 12.8. The van der Waals surface area contributed by atoms with Crippen LogP contribution in [0.2, 0.25) is 0 Å². The maximum Gasteiger partial charge on any atom is 0.472 e. The van der Waals surface area contributed by atoms with E-state index in [2.05, 4.69) is 220 Å². The van der Waals surface area contributed by atoms with Crippen molar-refractivity contribution < 1.29 is 42.1 Å². The van der Waals surface area contributed by atoms with E-state index in [1.807, 2.05) is 21.1 Å². The van der Waals surface area contributed by atoms with Gasteiger partial charge in [-0.25, -0.2) is 4.57 Å². The molecule has 1 N–H and O–H groups in total. The van der Waals surface area contributed by atoms with E-state index in [1.165, 1.54) is 0 Å². The van der Waals surface area contributed by atoms with Crippen LogP contribution in [0.25, 0.3) is 0 Å². The molecular weight excluding hydrogens is 1090 g/mol. The number of phosphoric ester groups is 1. The Morgan fingerprint density at radius 2 is 0.628 bits per heavy atom. The van der Waals surface area contributed by atoms with Crippen molar-refractivity contribution in [2.75, 3.05) is 47.5 Å². The molecule has 0 fully saturated rings. The van der Waals surface area contributed by atoms with E-state index in [-0.39, 0.29) is 26.1 Å². The third-order valence-electron chi connectivity index (χ3n) is 12.8. The molecule has 0 aliphatic rings. The van der Waals surface area contributed by atoms with Crippen molar-refractivity contribution in [3.05, 3.63) is 207 Å². The number of allylic oxidation sites excluding steroid dienone is 34. The zero-order chi connectivity index (χ0) is 62.6. The van der Waals surface area contributed by atoms with Gasteiger partial charge in [0.25, 0.3) is 0 Å². The van der Waals surface area contributed by atoms with Crippen molar-refractivity contribution in [3.63, 3.8) is 0 Å². The smallest absolute Gasteiger partial charge is 0.462 e. The van der Waals surface area contributed by atoms with Crippen molar-refractivity contribution in [1.82, 2.24) is 0 Å².